The molecular formula is C13H18BrN3. The number of anilines is 1. The Morgan fingerprint density at radius 3 is 2.59 bits per heavy atom. The number of aromatic nitrogens is 1. The van der Waals surface area contributed by atoms with Crippen LogP contribution < -0.4 is 4.90 Å². The second-order valence-corrected chi connectivity index (χ2v) is 5.81. The molecular weight excluding hydrogens is 278 g/mol. The van der Waals surface area contributed by atoms with E-state index in [1.54, 1.807) is 0 Å². The van der Waals surface area contributed by atoms with Gasteiger partial charge in [0.25, 0.3) is 0 Å². The van der Waals surface area contributed by atoms with E-state index < -0.39 is 0 Å². The quantitative estimate of drug-likeness (QED) is 0.835. The SMILES string of the molecule is Cc1ccnc(N2CCN(C3CC3)CC2)c1Br. The summed E-state index contributed by atoms with van der Waals surface area (Å²) in [5.41, 5.74) is 1.26. The first-order chi connectivity index (χ1) is 8.25. The maximum Gasteiger partial charge on any atom is 0.143 e. The Morgan fingerprint density at radius 1 is 1.24 bits per heavy atom. The molecule has 1 aliphatic heterocycles. The fourth-order valence-electron chi connectivity index (χ4n) is 2.48. The summed E-state index contributed by atoms with van der Waals surface area (Å²) in [5.74, 6) is 1.11. The number of aryl methyl sites for hydroxylation is 1. The molecule has 1 aromatic heterocycles. The molecule has 0 radical (unpaired) electrons. The zero-order valence-corrected chi connectivity index (χ0v) is 11.8. The molecule has 1 aliphatic carbocycles. The summed E-state index contributed by atoms with van der Waals surface area (Å²) < 4.78 is 1.15. The molecule has 2 fully saturated rings. The van der Waals surface area contributed by atoms with E-state index in [0.29, 0.717) is 0 Å². The number of hydrogen-bond donors (Lipinski definition) is 0. The molecule has 0 aromatic carbocycles. The summed E-state index contributed by atoms with van der Waals surface area (Å²) >= 11 is 3.65. The Hall–Kier alpha value is -0.610. The van der Waals surface area contributed by atoms with Crippen molar-refractivity contribution < 1.29 is 0 Å². The van der Waals surface area contributed by atoms with Crippen molar-refractivity contribution in [3.63, 3.8) is 0 Å². The van der Waals surface area contributed by atoms with Gasteiger partial charge in [0.2, 0.25) is 0 Å². The predicted octanol–water partition coefficient (Wildman–Crippen LogP) is 2.44. The Balaban J connectivity index is 1.71. The molecule has 4 heteroatoms. The van der Waals surface area contributed by atoms with Crippen LogP contribution in [-0.2, 0) is 0 Å². The minimum atomic E-state index is 0.894. The van der Waals surface area contributed by atoms with Crippen LogP contribution in [-0.4, -0.2) is 42.1 Å². The minimum absolute atomic E-state index is 0.894. The highest BCUT2D eigenvalue weighted by atomic mass is 79.9. The van der Waals surface area contributed by atoms with Gasteiger partial charge >= 0.3 is 0 Å². The van der Waals surface area contributed by atoms with Crippen LogP contribution in [0.2, 0.25) is 0 Å². The molecule has 3 nitrogen and oxygen atoms in total. The molecule has 0 spiro atoms. The van der Waals surface area contributed by atoms with Crippen LogP contribution in [0.5, 0.6) is 0 Å². The van der Waals surface area contributed by atoms with Gasteiger partial charge < -0.3 is 4.90 Å². The van der Waals surface area contributed by atoms with E-state index in [1.165, 1.54) is 31.5 Å². The molecule has 0 unspecified atom stereocenters. The molecule has 2 heterocycles. The highest BCUT2D eigenvalue weighted by Crippen LogP contribution is 2.30. The lowest BCUT2D eigenvalue weighted by molar-refractivity contribution is 0.247. The van der Waals surface area contributed by atoms with E-state index in [9.17, 15) is 0 Å². The van der Waals surface area contributed by atoms with Gasteiger partial charge in [-0.2, -0.15) is 0 Å². The third-order valence-corrected chi connectivity index (χ3v) is 4.72. The molecule has 3 rings (SSSR count). The average molecular weight is 296 g/mol. The van der Waals surface area contributed by atoms with E-state index in [4.69, 9.17) is 0 Å². The summed E-state index contributed by atoms with van der Waals surface area (Å²) in [4.78, 5) is 9.53. The molecule has 2 aliphatic rings. The van der Waals surface area contributed by atoms with Crippen molar-refractivity contribution >= 4 is 21.7 Å². The molecule has 0 amide bonds. The standard InChI is InChI=1S/C13H18BrN3/c1-10-4-5-15-13(12(10)14)17-8-6-16(7-9-17)11-2-3-11/h4-5,11H,2-3,6-9H2,1H3. The third kappa shape index (κ3) is 2.33. The van der Waals surface area contributed by atoms with Gasteiger partial charge in [0, 0.05) is 38.4 Å². The summed E-state index contributed by atoms with van der Waals surface area (Å²) in [6, 6.07) is 2.94. The van der Waals surface area contributed by atoms with Crippen molar-refractivity contribution in [3.8, 4) is 0 Å². The number of nitrogens with zero attached hydrogens (tertiary/aromatic N) is 3. The summed E-state index contributed by atoms with van der Waals surface area (Å²) in [7, 11) is 0. The molecule has 1 saturated heterocycles. The van der Waals surface area contributed by atoms with Gasteiger partial charge in [0.1, 0.15) is 5.82 Å². The number of halogens is 1. The summed E-state index contributed by atoms with van der Waals surface area (Å²) in [5, 5.41) is 0. The van der Waals surface area contributed by atoms with Crippen LogP contribution in [0.3, 0.4) is 0 Å². The second kappa shape index (κ2) is 4.58. The van der Waals surface area contributed by atoms with Crippen LogP contribution in [0.4, 0.5) is 5.82 Å². The monoisotopic (exact) mass is 295 g/mol. The maximum absolute atomic E-state index is 4.51. The van der Waals surface area contributed by atoms with Gasteiger partial charge in [0.05, 0.1) is 4.47 Å². The maximum atomic E-state index is 4.51. The van der Waals surface area contributed by atoms with Gasteiger partial charge in [-0.05, 0) is 47.3 Å². The van der Waals surface area contributed by atoms with Gasteiger partial charge in [-0.25, -0.2) is 4.98 Å². The third-order valence-electron chi connectivity index (χ3n) is 3.74. The molecule has 17 heavy (non-hydrogen) atoms. The lowest BCUT2D eigenvalue weighted by Crippen LogP contribution is -2.47. The lowest BCUT2D eigenvalue weighted by atomic mass is 10.2. The van der Waals surface area contributed by atoms with E-state index in [0.717, 1.165) is 29.4 Å². The van der Waals surface area contributed by atoms with Crippen molar-refractivity contribution in [2.45, 2.75) is 25.8 Å². The van der Waals surface area contributed by atoms with Crippen LogP contribution in [0, 0.1) is 6.92 Å². The largest absolute Gasteiger partial charge is 0.353 e. The van der Waals surface area contributed by atoms with Crippen molar-refractivity contribution in [2.24, 2.45) is 0 Å². The van der Waals surface area contributed by atoms with Crippen LogP contribution in [0.15, 0.2) is 16.7 Å². The van der Waals surface area contributed by atoms with Gasteiger partial charge in [0.15, 0.2) is 0 Å². The van der Waals surface area contributed by atoms with Gasteiger partial charge in [-0.1, -0.05) is 0 Å². The topological polar surface area (TPSA) is 19.4 Å². The smallest absolute Gasteiger partial charge is 0.143 e. The fraction of sp³-hybridized carbons (Fsp3) is 0.615. The van der Waals surface area contributed by atoms with Gasteiger partial charge in [-0.3, -0.25) is 4.90 Å². The molecule has 1 aromatic rings. The number of pyridine rings is 1. The molecule has 0 atom stereocenters. The Bertz CT molecular complexity index is 409. The Labute approximate surface area is 111 Å². The molecule has 1 saturated carbocycles. The number of hydrogen-bond acceptors (Lipinski definition) is 3. The van der Waals surface area contributed by atoms with Crippen LogP contribution in [0.25, 0.3) is 0 Å². The summed E-state index contributed by atoms with van der Waals surface area (Å²) in [6.45, 7) is 6.70. The van der Waals surface area contributed by atoms with E-state index >= 15 is 0 Å². The number of rotatable bonds is 2. The molecule has 92 valence electrons. The van der Waals surface area contributed by atoms with Crippen molar-refractivity contribution in [2.75, 3.05) is 31.1 Å². The van der Waals surface area contributed by atoms with E-state index in [1.807, 2.05) is 12.3 Å². The Morgan fingerprint density at radius 2 is 1.94 bits per heavy atom. The first-order valence-corrected chi connectivity index (χ1v) is 7.15. The van der Waals surface area contributed by atoms with E-state index in [2.05, 4.69) is 37.6 Å². The van der Waals surface area contributed by atoms with Gasteiger partial charge in [-0.15, -0.1) is 0 Å². The van der Waals surface area contributed by atoms with Crippen molar-refractivity contribution in [1.82, 2.24) is 9.88 Å². The van der Waals surface area contributed by atoms with E-state index in [-0.39, 0.29) is 0 Å². The zero-order valence-electron chi connectivity index (χ0n) is 10.2. The zero-order chi connectivity index (χ0) is 11.8. The molecule has 0 N–H and O–H groups in total. The highest BCUT2D eigenvalue weighted by molar-refractivity contribution is 9.10. The minimum Gasteiger partial charge on any atom is -0.353 e. The van der Waals surface area contributed by atoms with Crippen molar-refractivity contribution in [1.29, 1.82) is 0 Å². The van der Waals surface area contributed by atoms with Crippen LogP contribution in [0.1, 0.15) is 18.4 Å². The fourth-order valence-corrected chi connectivity index (χ4v) is 2.97. The molecule has 0 bridgehead atoms. The second-order valence-electron chi connectivity index (χ2n) is 5.02. The summed E-state index contributed by atoms with van der Waals surface area (Å²) in [6.07, 6.45) is 4.72. The van der Waals surface area contributed by atoms with Crippen LogP contribution >= 0.6 is 15.9 Å². The average Bonchev–Trinajstić information content (AvgIpc) is 3.17. The number of piperazine rings is 1. The lowest BCUT2D eigenvalue weighted by Gasteiger charge is -2.36. The first-order valence-electron chi connectivity index (χ1n) is 6.36. The predicted molar refractivity (Wildman–Crippen MR) is 73.5 cm³/mol. The highest BCUT2D eigenvalue weighted by Gasteiger charge is 2.31. The first kappa shape index (κ1) is 11.5. The van der Waals surface area contributed by atoms with Crippen molar-refractivity contribution in [3.05, 3.63) is 22.3 Å². The normalized spacial score (nSPS) is 21.9. The Kier molecular flexibility index (Phi) is 3.09.